The molecule has 0 saturated heterocycles. The molecule has 0 aliphatic heterocycles. The van der Waals surface area contributed by atoms with Crippen molar-refractivity contribution in [2.75, 3.05) is 45.2 Å². The third-order valence-corrected chi connectivity index (χ3v) is 3.01. The summed E-state index contributed by atoms with van der Waals surface area (Å²) in [7, 11) is 1.63. The van der Waals surface area contributed by atoms with Gasteiger partial charge in [-0.1, -0.05) is 0 Å². The highest BCUT2D eigenvalue weighted by Gasteiger charge is 2.33. The Balaban J connectivity index is 0.00000576. The highest BCUT2D eigenvalue weighted by molar-refractivity contribution is 14.0. The van der Waals surface area contributed by atoms with Gasteiger partial charge >= 0.3 is 6.18 Å². The zero-order valence-electron chi connectivity index (χ0n) is 14.3. The normalized spacial score (nSPS) is 11.6. The van der Waals surface area contributed by atoms with E-state index in [1.165, 1.54) is 12.3 Å². The molecule has 0 fully saturated rings. The van der Waals surface area contributed by atoms with Gasteiger partial charge in [-0.15, -0.1) is 24.0 Å². The van der Waals surface area contributed by atoms with E-state index in [1.54, 1.807) is 7.05 Å². The van der Waals surface area contributed by atoms with E-state index in [9.17, 15) is 13.2 Å². The zero-order valence-corrected chi connectivity index (χ0v) is 16.6. The summed E-state index contributed by atoms with van der Waals surface area (Å²) in [6.45, 7) is 4.67. The molecule has 1 aromatic rings. The Kier molecular flexibility index (Phi) is 12.3. The van der Waals surface area contributed by atoms with Crippen LogP contribution in [0.25, 0.3) is 0 Å². The number of hydrogen-bond donors (Lipinski definition) is 3. The summed E-state index contributed by atoms with van der Waals surface area (Å²) in [4.78, 5) is 7.78. The predicted octanol–water partition coefficient (Wildman–Crippen LogP) is 2.72. The van der Waals surface area contributed by atoms with Crippen LogP contribution >= 0.6 is 24.0 Å². The summed E-state index contributed by atoms with van der Waals surface area (Å²) in [5.41, 5.74) is -0.775. The lowest BCUT2D eigenvalue weighted by Crippen LogP contribution is -2.40. The third-order valence-electron chi connectivity index (χ3n) is 3.01. The fourth-order valence-electron chi connectivity index (χ4n) is 1.88. The van der Waals surface area contributed by atoms with Crippen LogP contribution in [0.3, 0.4) is 0 Å². The van der Waals surface area contributed by atoms with Crippen molar-refractivity contribution in [2.45, 2.75) is 19.5 Å². The lowest BCUT2D eigenvalue weighted by atomic mass is 10.2. The number of aliphatic imine (C=N–C) groups is 1. The zero-order chi connectivity index (χ0) is 17.8. The van der Waals surface area contributed by atoms with Crippen LogP contribution in [0, 0.1) is 0 Å². The molecule has 10 heteroatoms. The van der Waals surface area contributed by atoms with E-state index >= 15 is 0 Å². The maximum atomic E-state index is 12.8. The van der Waals surface area contributed by atoms with Crippen molar-refractivity contribution in [3.05, 3.63) is 23.9 Å². The number of anilines is 1. The van der Waals surface area contributed by atoms with Gasteiger partial charge < -0.3 is 20.7 Å². The van der Waals surface area contributed by atoms with Gasteiger partial charge in [-0.2, -0.15) is 13.2 Å². The van der Waals surface area contributed by atoms with E-state index in [4.69, 9.17) is 4.74 Å². The Morgan fingerprint density at radius 1 is 1.24 bits per heavy atom. The average Bonchev–Trinajstić information content (AvgIpc) is 2.56. The molecular formula is C15H25F3IN5O. The number of ether oxygens (including phenoxy) is 1. The first-order valence-corrected chi connectivity index (χ1v) is 7.77. The van der Waals surface area contributed by atoms with E-state index in [1.807, 2.05) is 6.92 Å². The molecule has 3 N–H and O–H groups in total. The molecule has 0 unspecified atom stereocenters. The molecule has 0 bridgehead atoms. The molecule has 144 valence electrons. The monoisotopic (exact) mass is 475 g/mol. The summed E-state index contributed by atoms with van der Waals surface area (Å²) in [6, 6.07) is 2.27. The van der Waals surface area contributed by atoms with E-state index in [-0.39, 0.29) is 36.3 Å². The summed E-state index contributed by atoms with van der Waals surface area (Å²) in [5.74, 6) is 0.414. The van der Waals surface area contributed by atoms with E-state index in [0.29, 0.717) is 32.3 Å². The van der Waals surface area contributed by atoms with Crippen LogP contribution in [0.2, 0.25) is 0 Å². The molecule has 0 saturated carbocycles. The smallest absolute Gasteiger partial charge is 0.382 e. The molecule has 0 aliphatic rings. The van der Waals surface area contributed by atoms with Crippen LogP contribution in [-0.2, 0) is 10.9 Å². The van der Waals surface area contributed by atoms with Crippen molar-refractivity contribution < 1.29 is 17.9 Å². The third kappa shape index (κ3) is 9.68. The number of hydrogen-bond acceptors (Lipinski definition) is 4. The number of aromatic nitrogens is 1. The van der Waals surface area contributed by atoms with Crippen LogP contribution in [0.5, 0.6) is 0 Å². The van der Waals surface area contributed by atoms with Gasteiger partial charge in [-0.3, -0.25) is 4.99 Å². The van der Waals surface area contributed by atoms with Gasteiger partial charge in [0.25, 0.3) is 0 Å². The largest absolute Gasteiger partial charge is 0.419 e. The molecule has 0 spiro atoms. The molecule has 25 heavy (non-hydrogen) atoms. The highest BCUT2D eigenvalue weighted by Crippen LogP contribution is 2.33. The van der Waals surface area contributed by atoms with Crippen LogP contribution in [0.15, 0.2) is 23.3 Å². The molecule has 1 heterocycles. The number of guanidine groups is 1. The molecule has 0 radical (unpaired) electrons. The maximum absolute atomic E-state index is 12.8. The predicted molar refractivity (Wildman–Crippen MR) is 104 cm³/mol. The van der Waals surface area contributed by atoms with Crippen molar-refractivity contribution in [1.82, 2.24) is 15.6 Å². The van der Waals surface area contributed by atoms with E-state index < -0.39 is 11.7 Å². The summed E-state index contributed by atoms with van der Waals surface area (Å²) in [5, 5.41) is 8.80. The SMILES string of the molecule is CCOCCCNC(=NC)NCCNc1ncccc1C(F)(F)F.I. The minimum absolute atomic E-state index is 0. The fraction of sp³-hybridized carbons (Fsp3) is 0.600. The van der Waals surface area contributed by atoms with Gasteiger partial charge in [0.1, 0.15) is 5.82 Å². The van der Waals surface area contributed by atoms with Crippen molar-refractivity contribution in [3.63, 3.8) is 0 Å². The van der Waals surface area contributed by atoms with Gasteiger partial charge in [0.2, 0.25) is 0 Å². The van der Waals surface area contributed by atoms with Crippen LogP contribution < -0.4 is 16.0 Å². The number of pyridine rings is 1. The minimum atomic E-state index is -4.43. The number of nitrogens with zero attached hydrogens (tertiary/aromatic N) is 2. The minimum Gasteiger partial charge on any atom is -0.382 e. The first-order valence-electron chi connectivity index (χ1n) is 7.77. The second kappa shape index (κ2) is 13.0. The molecule has 6 nitrogen and oxygen atoms in total. The van der Waals surface area contributed by atoms with Gasteiger partial charge in [-0.25, -0.2) is 4.98 Å². The first-order chi connectivity index (χ1) is 11.5. The summed E-state index contributed by atoms with van der Waals surface area (Å²) in [6.07, 6.45) is -2.26. The van der Waals surface area contributed by atoms with Crippen LogP contribution in [-0.4, -0.2) is 50.8 Å². The van der Waals surface area contributed by atoms with Gasteiger partial charge in [0.05, 0.1) is 5.56 Å². The second-order valence-electron chi connectivity index (χ2n) is 4.80. The number of halogens is 4. The topological polar surface area (TPSA) is 70.6 Å². The number of rotatable bonds is 9. The lowest BCUT2D eigenvalue weighted by molar-refractivity contribution is -0.137. The molecule has 1 aromatic heterocycles. The number of alkyl halides is 3. The van der Waals surface area contributed by atoms with Crippen molar-refractivity contribution >= 4 is 35.8 Å². The van der Waals surface area contributed by atoms with Crippen LogP contribution in [0.1, 0.15) is 18.9 Å². The quantitative estimate of drug-likeness (QED) is 0.222. The molecule has 0 aliphatic carbocycles. The van der Waals surface area contributed by atoms with Crippen molar-refractivity contribution in [2.24, 2.45) is 4.99 Å². The van der Waals surface area contributed by atoms with E-state index in [2.05, 4.69) is 25.9 Å². The van der Waals surface area contributed by atoms with Crippen LogP contribution in [0.4, 0.5) is 19.0 Å². The second-order valence-corrected chi connectivity index (χ2v) is 4.80. The summed E-state index contributed by atoms with van der Waals surface area (Å²) < 4.78 is 43.7. The molecule has 0 amide bonds. The standard InChI is InChI=1S/C15H24F3N5O.HI/c1-3-24-11-5-8-22-14(19-2)23-10-9-21-13-12(15(16,17)18)6-4-7-20-13;/h4,6-7H,3,5,8-11H2,1-2H3,(H,20,21)(H2,19,22,23);1H. The lowest BCUT2D eigenvalue weighted by Gasteiger charge is -2.15. The molecular weight excluding hydrogens is 450 g/mol. The van der Waals surface area contributed by atoms with Crippen molar-refractivity contribution in [3.8, 4) is 0 Å². The first kappa shape index (κ1) is 23.7. The summed E-state index contributed by atoms with van der Waals surface area (Å²) >= 11 is 0. The average molecular weight is 475 g/mol. The Morgan fingerprint density at radius 2 is 1.96 bits per heavy atom. The molecule has 1 rings (SSSR count). The Morgan fingerprint density at radius 3 is 2.60 bits per heavy atom. The van der Waals surface area contributed by atoms with Gasteiger partial charge in [0, 0.05) is 46.1 Å². The van der Waals surface area contributed by atoms with Gasteiger partial charge in [0.15, 0.2) is 5.96 Å². The van der Waals surface area contributed by atoms with E-state index in [0.717, 1.165) is 12.5 Å². The number of nitrogens with one attached hydrogen (secondary N) is 3. The Bertz CT molecular complexity index is 514. The van der Waals surface area contributed by atoms with Gasteiger partial charge in [-0.05, 0) is 25.5 Å². The Labute approximate surface area is 163 Å². The van der Waals surface area contributed by atoms with Crippen molar-refractivity contribution in [1.29, 1.82) is 0 Å². The fourth-order valence-corrected chi connectivity index (χ4v) is 1.88. The highest BCUT2D eigenvalue weighted by atomic mass is 127. The maximum Gasteiger partial charge on any atom is 0.419 e. The molecule has 0 aromatic carbocycles. The molecule has 0 atom stereocenters. The Hall–Kier alpha value is -1.30.